The van der Waals surface area contributed by atoms with Crippen LogP contribution in [0.1, 0.15) is 53.4 Å². The van der Waals surface area contributed by atoms with Crippen LogP contribution in [0.5, 0.6) is 0 Å². The van der Waals surface area contributed by atoms with Gasteiger partial charge in [-0.2, -0.15) is 0 Å². The molecule has 17 heavy (non-hydrogen) atoms. The lowest BCUT2D eigenvalue weighted by Gasteiger charge is -2.25. The van der Waals surface area contributed by atoms with Gasteiger partial charge in [0.1, 0.15) is 5.84 Å². The third-order valence-electron chi connectivity index (χ3n) is 3.71. The Morgan fingerprint density at radius 2 is 2.00 bits per heavy atom. The van der Waals surface area contributed by atoms with Gasteiger partial charge in [0.25, 0.3) is 0 Å². The molecule has 0 bridgehead atoms. The van der Waals surface area contributed by atoms with Crippen LogP contribution < -0.4 is 5.73 Å². The minimum absolute atomic E-state index is 0.205. The fourth-order valence-electron chi connectivity index (χ4n) is 1.72. The molecule has 0 aromatic heterocycles. The average molecular weight is 243 g/mol. The summed E-state index contributed by atoms with van der Waals surface area (Å²) in [6, 6.07) is 0.645. The molecule has 1 unspecified atom stereocenters. The maximum absolute atomic E-state index is 8.67. The molecule has 0 heterocycles. The first-order chi connectivity index (χ1) is 7.85. The molecule has 0 saturated carbocycles. The highest BCUT2D eigenvalue weighted by Gasteiger charge is 2.22. The molecule has 0 aromatic rings. The van der Waals surface area contributed by atoms with Gasteiger partial charge in [0.05, 0.1) is 0 Å². The van der Waals surface area contributed by atoms with Crippen molar-refractivity contribution in [3.8, 4) is 0 Å². The van der Waals surface area contributed by atoms with Gasteiger partial charge in [0.2, 0.25) is 0 Å². The Labute approximate surface area is 106 Å². The second-order valence-corrected chi connectivity index (χ2v) is 5.56. The number of hydrogen-bond donors (Lipinski definition) is 2. The van der Waals surface area contributed by atoms with Gasteiger partial charge in [-0.05, 0) is 39.8 Å². The van der Waals surface area contributed by atoms with Crippen molar-refractivity contribution >= 4 is 5.84 Å². The zero-order valence-electron chi connectivity index (χ0n) is 12.0. The molecule has 0 fully saturated rings. The smallest absolute Gasteiger partial charge is 0.144 e. The average Bonchev–Trinajstić information content (AvgIpc) is 2.31. The molecule has 3 N–H and O–H groups in total. The van der Waals surface area contributed by atoms with Crippen LogP contribution in [0.3, 0.4) is 0 Å². The molecule has 0 aliphatic heterocycles. The number of amidine groups is 1. The molecule has 0 radical (unpaired) electrons. The predicted octanol–water partition coefficient (Wildman–Crippen LogP) is 2.66. The number of oxime groups is 1. The second-order valence-electron chi connectivity index (χ2n) is 5.56. The summed E-state index contributed by atoms with van der Waals surface area (Å²) in [5.74, 6) is 0.327. The molecule has 0 amide bonds. The molecule has 0 saturated heterocycles. The molecule has 0 aliphatic rings. The van der Waals surface area contributed by atoms with Crippen molar-refractivity contribution in [2.45, 2.75) is 59.4 Å². The lowest BCUT2D eigenvalue weighted by molar-refractivity contribution is 0.242. The Hall–Kier alpha value is -0.770. The first-order valence-electron chi connectivity index (χ1n) is 6.53. The van der Waals surface area contributed by atoms with E-state index >= 15 is 0 Å². The molecular formula is C13H29N3O. The van der Waals surface area contributed by atoms with Crippen molar-refractivity contribution in [2.75, 3.05) is 13.6 Å². The van der Waals surface area contributed by atoms with Gasteiger partial charge in [0, 0.05) is 11.5 Å². The van der Waals surface area contributed by atoms with E-state index in [1.165, 1.54) is 6.42 Å². The lowest BCUT2D eigenvalue weighted by atomic mass is 9.86. The summed E-state index contributed by atoms with van der Waals surface area (Å²) in [5.41, 5.74) is 5.45. The molecule has 4 nitrogen and oxygen atoms in total. The highest BCUT2D eigenvalue weighted by molar-refractivity contribution is 5.85. The monoisotopic (exact) mass is 243 g/mol. The van der Waals surface area contributed by atoms with E-state index in [4.69, 9.17) is 10.9 Å². The van der Waals surface area contributed by atoms with Crippen LogP contribution in [0.4, 0.5) is 0 Å². The highest BCUT2D eigenvalue weighted by atomic mass is 16.4. The maximum atomic E-state index is 8.67. The van der Waals surface area contributed by atoms with Crippen molar-refractivity contribution in [1.82, 2.24) is 4.90 Å². The molecule has 0 aromatic carbocycles. The number of nitrogens with zero attached hydrogens (tertiary/aromatic N) is 2. The van der Waals surface area contributed by atoms with Crippen molar-refractivity contribution < 1.29 is 5.21 Å². The summed E-state index contributed by atoms with van der Waals surface area (Å²) >= 11 is 0. The van der Waals surface area contributed by atoms with E-state index in [9.17, 15) is 0 Å². The molecule has 102 valence electrons. The van der Waals surface area contributed by atoms with Gasteiger partial charge >= 0.3 is 0 Å². The van der Waals surface area contributed by atoms with Gasteiger partial charge in [-0.15, -0.1) is 0 Å². The Morgan fingerprint density at radius 3 is 2.47 bits per heavy atom. The Bertz CT molecular complexity index is 239. The quantitative estimate of drug-likeness (QED) is 0.226. The van der Waals surface area contributed by atoms with E-state index in [0.29, 0.717) is 11.9 Å². The van der Waals surface area contributed by atoms with Crippen LogP contribution in [0.25, 0.3) is 0 Å². The number of hydrogen-bond acceptors (Lipinski definition) is 3. The molecule has 4 heteroatoms. The van der Waals surface area contributed by atoms with Crippen molar-refractivity contribution in [2.24, 2.45) is 16.3 Å². The van der Waals surface area contributed by atoms with Crippen molar-refractivity contribution in [1.29, 1.82) is 0 Å². The molecule has 1 atom stereocenters. The summed E-state index contributed by atoms with van der Waals surface area (Å²) in [6.45, 7) is 9.60. The Morgan fingerprint density at radius 1 is 1.41 bits per heavy atom. The van der Waals surface area contributed by atoms with Crippen LogP contribution in [0, 0.1) is 5.41 Å². The van der Waals surface area contributed by atoms with Crippen molar-refractivity contribution in [3.63, 3.8) is 0 Å². The summed E-state index contributed by atoms with van der Waals surface area (Å²) in [7, 11) is 2.17. The van der Waals surface area contributed by atoms with E-state index in [1.54, 1.807) is 0 Å². The number of rotatable bonds is 8. The van der Waals surface area contributed by atoms with Crippen molar-refractivity contribution in [3.05, 3.63) is 0 Å². The molecular weight excluding hydrogens is 214 g/mol. The zero-order chi connectivity index (χ0) is 13.5. The van der Waals surface area contributed by atoms with Crippen LogP contribution in [0.15, 0.2) is 5.16 Å². The third-order valence-corrected chi connectivity index (χ3v) is 3.71. The standard InChI is InChI=1S/C13H29N3O/c1-6-11(2)16(5)10-8-7-9-13(3,4)12(14)15-17/h11,17H,6-10H2,1-5H3,(H2,14,15). The second kappa shape index (κ2) is 7.54. The van der Waals surface area contributed by atoms with E-state index in [2.05, 4.69) is 31.0 Å². The SMILES string of the molecule is CCC(C)N(C)CCCCC(C)(C)C(N)=NO. The van der Waals surface area contributed by atoms with Gasteiger partial charge < -0.3 is 15.8 Å². The summed E-state index contributed by atoms with van der Waals surface area (Å²) in [6.07, 6.45) is 4.40. The highest BCUT2D eigenvalue weighted by Crippen LogP contribution is 2.23. The van der Waals surface area contributed by atoms with Gasteiger partial charge in [0.15, 0.2) is 0 Å². The fraction of sp³-hybridized carbons (Fsp3) is 0.923. The molecule has 0 spiro atoms. The maximum Gasteiger partial charge on any atom is 0.144 e. The molecule has 0 aliphatic carbocycles. The Kier molecular flexibility index (Phi) is 7.19. The summed E-state index contributed by atoms with van der Waals surface area (Å²) in [4.78, 5) is 2.39. The van der Waals surface area contributed by atoms with Gasteiger partial charge in [-0.25, -0.2) is 0 Å². The van der Waals surface area contributed by atoms with Crippen LogP contribution in [-0.4, -0.2) is 35.6 Å². The zero-order valence-corrected chi connectivity index (χ0v) is 12.0. The van der Waals surface area contributed by atoms with Crippen LogP contribution >= 0.6 is 0 Å². The van der Waals surface area contributed by atoms with Gasteiger partial charge in [-0.1, -0.05) is 32.3 Å². The number of nitrogens with two attached hydrogens (primary N) is 1. The first-order valence-corrected chi connectivity index (χ1v) is 6.53. The minimum Gasteiger partial charge on any atom is -0.409 e. The largest absolute Gasteiger partial charge is 0.409 e. The van der Waals surface area contributed by atoms with E-state index in [-0.39, 0.29) is 5.41 Å². The normalized spacial score (nSPS) is 15.3. The van der Waals surface area contributed by atoms with Crippen LogP contribution in [0.2, 0.25) is 0 Å². The van der Waals surface area contributed by atoms with Gasteiger partial charge in [-0.3, -0.25) is 0 Å². The predicted molar refractivity (Wildman–Crippen MR) is 73.4 cm³/mol. The minimum atomic E-state index is -0.205. The van der Waals surface area contributed by atoms with E-state index in [0.717, 1.165) is 25.8 Å². The lowest BCUT2D eigenvalue weighted by Crippen LogP contribution is -2.32. The van der Waals surface area contributed by atoms with Crippen LogP contribution in [-0.2, 0) is 0 Å². The third kappa shape index (κ3) is 5.91. The Balaban J connectivity index is 3.86. The topological polar surface area (TPSA) is 61.8 Å². The fourth-order valence-corrected chi connectivity index (χ4v) is 1.72. The number of unbranched alkanes of at least 4 members (excludes halogenated alkanes) is 1. The molecule has 0 rings (SSSR count). The van der Waals surface area contributed by atoms with E-state index in [1.807, 2.05) is 13.8 Å². The van der Waals surface area contributed by atoms with E-state index < -0.39 is 0 Å². The first kappa shape index (κ1) is 16.2. The summed E-state index contributed by atoms with van der Waals surface area (Å²) < 4.78 is 0. The summed E-state index contributed by atoms with van der Waals surface area (Å²) in [5, 5.41) is 11.8.